The molecule has 1 aromatic heterocycles. The van der Waals surface area contributed by atoms with Gasteiger partial charge in [-0.25, -0.2) is 9.59 Å². The summed E-state index contributed by atoms with van der Waals surface area (Å²) < 4.78 is 11.9. The highest BCUT2D eigenvalue weighted by Gasteiger charge is 2.32. The number of methoxy groups -OCH3 is 1. The van der Waals surface area contributed by atoms with Crippen molar-refractivity contribution in [3.8, 4) is 11.4 Å². The van der Waals surface area contributed by atoms with Crippen LogP contribution in [0.25, 0.3) is 11.4 Å². The summed E-state index contributed by atoms with van der Waals surface area (Å²) in [7, 11) is 1.29. The van der Waals surface area contributed by atoms with E-state index in [4.69, 9.17) is 39.4 Å². The van der Waals surface area contributed by atoms with Crippen LogP contribution in [0.5, 0.6) is 0 Å². The van der Waals surface area contributed by atoms with Crippen molar-refractivity contribution in [3.05, 3.63) is 58.3 Å². The first-order valence-corrected chi connectivity index (χ1v) is 13.2. The van der Waals surface area contributed by atoms with E-state index in [0.29, 0.717) is 45.9 Å². The number of amides is 1. The minimum Gasteiger partial charge on any atom is -0.465 e. The van der Waals surface area contributed by atoms with Gasteiger partial charge in [0.1, 0.15) is 11.9 Å². The first-order chi connectivity index (χ1) is 18.4. The molecule has 0 spiro atoms. The highest BCUT2D eigenvalue weighted by atomic mass is 35.5. The monoisotopic (exact) mass is 578 g/mol. The van der Waals surface area contributed by atoms with Crippen LogP contribution in [0.3, 0.4) is 0 Å². The second-order valence-corrected chi connectivity index (χ2v) is 10.3. The number of nitrogen functional groups attached to an aromatic ring is 2. The van der Waals surface area contributed by atoms with Crippen molar-refractivity contribution in [2.45, 2.75) is 52.7 Å². The minimum absolute atomic E-state index is 0.0656. The lowest BCUT2D eigenvalue weighted by Gasteiger charge is -2.24. The molecule has 12 heteroatoms. The average Bonchev–Trinajstić information content (AvgIpc) is 3.57. The third-order valence-electron chi connectivity index (χ3n) is 5.46. The van der Waals surface area contributed by atoms with Gasteiger partial charge >= 0.3 is 12.1 Å². The highest BCUT2D eigenvalue weighted by molar-refractivity contribution is 6.31. The number of hydrogen-bond acceptors (Lipinski definition) is 8. The lowest BCUT2D eigenvalue weighted by atomic mass is 10.1. The summed E-state index contributed by atoms with van der Waals surface area (Å²) >= 11 is 11.7. The van der Waals surface area contributed by atoms with E-state index in [9.17, 15) is 9.59 Å². The van der Waals surface area contributed by atoms with E-state index in [1.54, 1.807) is 41.6 Å². The van der Waals surface area contributed by atoms with Crippen LogP contribution in [0.4, 0.5) is 16.2 Å². The number of rotatable bonds is 3. The molecule has 0 saturated carbocycles. The quantitative estimate of drug-likeness (QED) is 0.281. The Balaban J connectivity index is 0.000000320. The van der Waals surface area contributed by atoms with Gasteiger partial charge in [0.05, 0.1) is 18.7 Å². The van der Waals surface area contributed by atoms with Gasteiger partial charge in [0.25, 0.3) is 0 Å². The predicted octanol–water partition coefficient (Wildman–Crippen LogP) is 6.10. The smallest absolute Gasteiger partial charge is 0.410 e. The fourth-order valence-corrected chi connectivity index (χ4v) is 4.05. The molecule has 1 saturated heterocycles. The molecule has 1 aliphatic heterocycles. The van der Waals surface area contributed by atoms with Crippen molar-refractivity contribution >= 4 is 46.6 Å². The van der Waals surface area contributed by atoms with Gasteiger partial charge in [0.15, 0.2) is 5.82 Å². The Morgan fingerprint density at radius 2 is 1.64 bits per heavy atom. The molecule has 1 unspecified atom stereocenters. The first-order valence-electron chi connectivity index (χ1n) is 12.5. The molecule has 39 heavy (non-hydrogen) atoms. The average molecular weight is 580 g/mol. The van der Waals surface area contributed by atoms with Crippen LogP contribution in [0.15, 0.2) is 42.7 Å². The molecule has 2 aromatic carbocycles. The zero-order valence-corrected chi connectivity index (χ0v) is 24.6. The Bertz CT molecular complexity index is 1280. The number of aromatic nitrogens is 3. The molecule has 4 N–H and O–H groups in total. The molecule has 2 heterocycles. The Morgan fingerprint density at radius 3 is 2.26 bits per heavy atom. The number of nitrogens with zero attached hydrogens (tertiary/aromatic N) is 4. The Kier molecular flexibility index (Phi) is 11.4. The van der Waals surface area contributed by atoms with E-state index < -0.39 is 11.6 Å². The van der Waals surface area contributed by atoms with E-state index >= 15 is 0 Å². The van der Waals surface area contributed by atoms with Crippen molar-refractivity contribution in [3.63, 3.8) is 0 Å². The van der Waals surface area contributed by atoms with Gasteiger partial charge in [-0.1, -0.05) is 37.0 Å². The Labute approximate surface area is 239 Å². The van der Waals surface area contributed by atoms with Gasteiger partial charge in [-0.05, 0) is 63.6 Å². The number of halogens is 2. The van der Waals surface area contributed by atoms with Gasteiger partial charge in [-0.3, -0.25) is 0 Å². The van der Waals surface area contributed by atoms with Crippen LogP contribution in [0.2, 0.25) is 10.0 Å². The topological polar surface area (TPSA) is 139 Å². The van der Waals surface area contributed by atoms with E-state index in [2.05, 4.69) is 14.9 Å². The predicted molar refractivity (Wildman–Crippen MR) is 155 cm³/mol. The van der Waals surface area contributed by atoms with Crippen molar-refractivity contribution in [1.82, 2.24) is 19.7 Å². The number of hydrogen-bond donors (Lipinski definition) is 2. The Hall–Kier alpha value is -3.50. The van der Waals surface area contributed by atoms with E-state index in [1.807, 2.05) is 39.2 Å². The lowest BCUT2D eigenvalue weighted by Crippen LogP contribution is -2.35. The van der Waals surface area contributed by atoms with Crippen molar-refractivity contribution in [1.29, 1.82) is 0 Å². The maximum atomic E-state index is 12.3. The van der Waals surface area contributed by atoms with Gasteiger partial charge in [0, 0.05) is 40.1 Å². The second-order valence-electron chi connectivity index (χ2n) is 9.39. The molecule has 4 rings (SSSR count). The number of esters is 1. The summed E-state index contributed by atoms with van der Waals surface area (Å²) in [6.45, 7) is 10.7. The lowest BCUT2D eigenvalue weighted by molar-refractivity contribution is 0.0289. The largest absolute Gasteiger partial charge is 0.465 e. The van der Waals surface area contributed by atoms with Crippen molar-refractivity contribution < 1.29 is 19.1 Å². The molecular formula is C27H36Cl2N6O4. The number of nitrogens with two attached hydrogens (primary N) is 2. The van der Waals surface area contributed by atoms with Crippen LogP contribution in [0.1, 0.15) is 57.4 Å². The van der Waals surface area contributed by atoms with Gasteiger partial charge < -0.3 is 30.4 Å². The molecule has 0 bridgehead atoms. The summed E-state index contributed by atoms with van der Waals surface area (Å²) in [6, 6.07) is 9.98. The number of carbonyl (C=O) groups is 2. The van der Waals surface area contributed by atoms with Gasteiger partial charge in [-0.15, -0.1) is 10.2 Å². The minimum atomic E-state index is -0.508. The van der Waals surface area contributed by atoms with Gasteiger partial charge in [0.2, 0.25) is 0 Å². The van der Waals surface area contributed by atoms with E-state index in [0.717, 1.165) is 12.0 Å². The number of carbonyl (C=O) groups excluding carboxylic acids is 2. The third-order valence-corrected chi connectivity index (χ3v) is 5.93. The molecule has 0 radical (unpaired) electrons. The summed E-state index contributed by atoms with van der Waals surface area (Å²) in [6.07, 6.45) is 2.16. The fraction of sp³-hybridized carbons (Fsp3) is 0.407. The van der Waals surface area contributed by atoms with Crippen molar-refractivity contribution in [2.24, 2.45) is 0 Å². The van der Waals surface area contributed by atoms with Crippen LogP contribution in [0, 0.1) is 0 Å². The van der Waals surface area contributed by atoms with Crippen LogP contribution in [-0.2, 0) is 9.47 Å². The number of likely N-dealkylation sites (tertiary alicyclic amines) is 1. The molecule has 1 fully saturated rings. The number of benzene rings is 2. The normalized spacial score (nSPS) is 14.5. The summed E-state index contributed by atoms with van der Waals surface area (Å²) in [5.41, 5.74) is 13.1. The molecular weight excluding hydrogens is 543 g/mol. The van der Waals surface area contributed by atoms with E-state index in [-0.39, 0.29) is 12.1 Å². The zero-order valence-electron chi connectivity index (χ0n) is 23.1. The maximum Gasteiger partial charge on any atom is 0.410 e. The fourth-order valence-electron chi connectivity index (χ4n) is 3.70. The van der Waals surface area contributed by atoms with Crippen LogP contribution >= 0.6 is 23.2 Å². The zero-order chi connectivity index (χ0) is 29.3. The molecule has 1 atom stereocenters. The maximum absolute atomic E-state index is 12.3. The molecule has 1 aliphatic rings. The number of anilines is 2. The summed E-state index contributed by atoms with van der Waals surface area (Å²) in [4.78, 5) is 25.0. The SMILES string of the molecule is CC.CC(C)(C)OC(=O)N1CCC(n2cnnc2-c2cc(Cl)ccc2N)C1.COC(=O)c1cc(Cl)ccc1N. The molecule has 1 amide bonds. The summed E-state index contributed by atoms with van der Waals surface area (Å²) in [5.74, 6) is 0.172. The second kappa shape index (κ2) is 14.0. The van der Waals surface area contributed by atoms with Crippen LogP contribution < -0.4 is 11.5 Å². The molecule has 3 aromatic rings. The summed E-state index contributed by atoms with van der Waals surface area (Å²) in [5, 5.41) is 9.27. The molecule has 0 aliphatic carbocycles. The standard InChI is InChI=1S/C17H22ClN5O2.C8H8ClNO2.C2H6/c1-17(2,3)25-16(24)22-7-6-12(9-22)23-10-20-21-15(23)13-8-11(18)4-5-14(13)19;1-12-8(11)6-4-5(9)2-3-7(6)10;1-2/h4-5,8,10,12H,6-7,9,19H2,1-3H3;2-4H,10H2,1H3;1-2H3. The van der Waals surface area contributed by atoms with E-state index in [1.165, 1.54) is 13.2 Å². The molecule has 212 valence electrons. The first kappa shape index (κ1) is 31.7. The van der Waals surface area contributed by atoms with Crippen LogP contribution in [-0.4, -0.2) is 57.5 Å². The Morgan fingerprint density at radius 1 is 1.03 bits per heavy atom. The van der Waals surface area contributed by atoms with Crippen molar-refractivity contribution in [2.75, 3.05) is 31.7 Å². The van der Waals surface area contributed by atoms with Gasteiger partial charge in [-0.2, -0.15) is 0 Å². The highest BCUT2D eigenvalue weighted by Crippen LogP contribution is 2.32. The molecule has 10 nitrogen and oxygen atoms in total. The number of ether oxygens (including phenoxy) is 2. The third kappa shape index (κ3) is 8.76.